The Hall–Kier alpha value is -1.07. The maximum Gasteiger partial charge on any atom is 0.178 e. The molecule has 0 amide bonds. The molecule has 0 radical (unpaired) electrons. The first-order valence-corrected chi connectivity index (χ1v) is 8.99. The largest absolute Gasteiger partial charge is 0.397 e. The number of nitrogens with two attached hydrogens (primary N) is 1. The summed E-state index contributed by atoms with van der Waals surface area (Å²) in [5, 5.41) is 4.74. The minimum Gasteiger partial charge on any atom is -0.397 e. The van der Waals surface area contributed by atoms with E-state index in [-0.39, 0.29) is 5.92 Å². The van der Waals surface area contributed by atoms with Gasteiger partial charge in [-0.1, -0.05) is 0 Å². The monoisotopic (exact) mass is 305 g/mol. The van der Waals surface area contributed by atoms with Crippen molar-refractivity contribution >= 4 is 27.8 Å². The van der Waals surface area contributed by atoms with Gasteiger partial charge in [0.1, 0.15) is 0 Å². The summed E-state index contributed by atoms with van der Waals surface area (Å²) >= 11 is 1.67. The second-order valence-electron chi connectivity index (χ2n) is 6.57. The molecule has 1 aliphatic heterocycles. The number of thiophene rings is 1. The predicted molar refractivity (Wildman–Crippen MR) is 87.5 cm³/mol. The third-order valence-corrected chi connectivity index (χ3v) is 6.05. The van der Waals surface area contributed by atoms with Gasteiger partial charge >= 0.3 is 0 Å². The number of hydrogen-bond acceptors (Lipinski definition) is 5. The molecule has 4 nitrogen and oxygen atoms in total. The smallest absolute Gasteiger partial charge is 0.178 e. The molecule has 1 aromatic rings. The molecule has 1 saturated heterocycles. The van der Waals surface area contributed by atoms with E-state index in [1.54, 1.807) is 11.3 Å². The zero-order valence-corrected chi connectivity index (χ0v) is 13.2. The number of anilines is 2. The molecule has 2 heterocycles. The van der Waals surface area contributed by atoms with E-state index in [1.807, 2.05) is 0 Å². The molecule has 0 spiro atoms. The van der Waals surface area contributed by atoms with Crippen molar-refractivity contribution in [2.24, 2.45) is 5.92 Å². The third kappa shape index (κ3) is 2.57. The topological polar surface area (TPSA) is 58.4 Å². The van der Waals surface area contributed by atoms with Gasteiger partial charge < -0.3 is 16.0 Å². The fraction of sp³-hybridized carbons (Fsp3) is 0.688. The summed E-state index contributed by atoms with van der Waals surface area (Å²) in [6, 6.07) is 0. The molecule has 0 unspecified atom stereocenters. The van der Waals surface area contributed by atoms with Crippen molar-refractivity contribution < 1.29 is 4.79 Å². The number of hydrogen-bond donors (Lipinski definition) is 2. The number of nitrogens with zero attached hydrogens (tertiary/aromatic N) is 1. The van der Waals surface area contributed by atoms with Crippen molar-refractivity contribution in [3.63, 3.8) is 0 Å². The normalized spacial score (nSPS) is 23.1. The Balaban J connectivity index is 1.70. The van der Waals surface area contributed by atoms with Crippen LogP contribution in [0.1, 0.15) is 53.3 Å². The summed E-state index contributed by atoms with van der Waals surface area (Å²) in [5.74, 6) is 1.17. The van der Waals surface area contributed by atoms with Gasteiger partial charge in [0.25, 0.3) is 0 Å². The van der Waals surface area contributed by atoms with Gasteiger partial charge in [-0.25, -0.2) is 0 Å². The molecule has 4 rings (SSSR count). The summed E-state index contributed by atoms with van der Waals surface area (Å²) in [4.78, 5) is 15.8. The van der Waals surface area contributed by atoms with Crippen LogP contribution in [0.15, 0.2) is 0 Å². The lowest BCUT2D eigenvalue weighted by molar-refractivity contribution is 0.0972. The Bertz CT molecular complexity index is 552. The van der Waals surface area contributed by atoms with Crippen molar-refractivity contribution in [2.75, 3.05) is 36.8 Å². The number of carbonyl (C=O) groups excluding carboxylic acids is 1. The van der Waals surface area contributed by atoms with E-state index in [4.69, 9.17) is 5.73 Å². The summed E-state index contributed by atoms with van der Waals surface area (Å²) in [6.07, 6.45) is 5.73. The average molecular weight is 305 g/mol. The van der Waals surface area contributed by atoms with E-state index in [0.29, 0.717) is 11.7 Å². The van der Waals surface area contributed by atoms with E-state index in [0.717, 1.165) is 56.0 Å². The van der Waals surface area contributed by atoms with Crippen LogP contribution < -0.4 is 16.0 Å². The first kappa shape index (κ1) is 13.6. The minimum atomic E-state index is 0.261. The van der Waals surface area contributed by atoms with Crippen LogP contribution >= 0.6 is 11.3 Å². The van der Waals surface area contributed by atoms with Crippen LogP contribution in [0.4, 0.5) is 10.7 Å². The Labute approximate surface area is 129 Å². The van der Waals surface area contributed by atoms with E-state index >= 15 is 0 Å². The van der Waals surface area contributed by atoms with E-state index in [2.05, 4.69) is 10.2 Å². The summed E-state index contributed by atoms with van der Waals surface area (Å²) < 4.78 is 0. The van der Waals surface area contributed by atoms with Crippen LogP contribution in [0.3, 0.4) is 0 Å². The molecule has 2 aliphatic carbocycles. The van der Waals surface area contributed by atoms with Gasteiger partial charge in [0.15, 0.2) is 5.78 Å². The Kier molecular flexibility index (Phi) is 3.42. The zero-order chi connectivity index (χ0) is 14.4. The van der Waals surface area contributed by atoms with Crippen molar-refractivity contribution in [1.82, 2.24) is 5.32 Å². The van der Waals surface area contributed by atoms with Crippen LogP contribution in [0.2, 0.25) is 0 Å². The van der Waals surface area contributed by atoms with Crippen molar-refractivity contribution in [1.29, 1.82) is 0 Å². The lowest BCUT2D eigenvalue weighted by atomic mass is 10.1. The number of ketones is 1. The summed E-state index contributed by atoms with van der Waals surface area (Å²) in [7, 11) is 0. The van der Waals surface area contributed by atoms with Gasteiger partial charge in [-0.3, -0.25) is 4.79 Å². The number of nitrogens with one attached hydrogen (secondary N) is 1. The molecule has 0 atom stereocenters. The average Bonchev–Trinajstić information content (AvgIpc) is 3.37. The maximum atomic E-state index is 12.5. The van der Waals surface area contributed by atoms with Gasteiger partial charge in [-0.15, -0.1) is 11.3 Å². The quantitative estimate of drug-likeness (QED) is 0.840. The highest BCUT2D eigenvalue weighted by Gasteiger charge is 2.38. The van der Waals surface area contributed by atoms with Crippen molar-refractivity contribution in [2.45, 2.75) is 38.0 Å². The Morgan fingerprint density at radius 2 is 2.00 bits per heavy atom. The molecule has 21 heavy (non-hydrogen) atoms. The fourth-order valence-electron chi connectivity index (χ4n) is 3.21. The fourth-order valence-corrected chi connectivity index (χ4v) is 4.59. The zero-order valence-electron chi connectivity index (χ0n) is 12.4. The molecular formula is C16H23N3OS. The third-order valence-electron chi connectivity index (χ3n) is 4.75. The van der Waals surface area contributed by atoms with Crippen LogP contribution in [0.5, 0.6) is 0 Å². The predicted octanol–water partition coefficient (Wildman–Crippen LogP) is 2.60. The highest BCUT2D eigenvalue weighted by molar-refractivity contribution is 7.19. The number of rotatable bonds is 4. The molecule has 114 valence electrons. The molecular weight excluding hydrogens is 282 g/mol. The molecule has 0 bridgehead atoms. The molecule has 0 aromatic carbocycles. The maximum absolute atomic E-state index is 12.5. The van der Waals surface area contributed by atoms with Crippen LogP contribution in [-0.2, 0) is 0 Å². The molecule has 3 fully saturated rings. The SMILES string of the molecule is Nc1c(C(=O)C2CC2)sc(N2CCCNCC2)c1C1CC1. The van der Waals surface area contributed by atoms with Crippen LogP contribution in [0, 0.1) is 5.92 Å². The van der Waals surface area contributed by atoms with Gasteiger partial charge in [0.2, 0.25) is 0 Å². The molecule has 2 saturated carbocycles. The summed E-state index contributed by atoms with van der Waals surface area (Å²) in [5.41, 5.74) is 8.51. The van der Waals surface area contributed by atoms with E-state index < -0.39 is 0 Å². The highest BCUT2D eigenvalue weighted by atomic mass is 32.1. The standard InChI is InChI=1S/C16H23N3OS/c17-13-12(10-2-3-10)16(19-8-1-6-18-7-9-19)21-15(13)14(20)11-4-5-11/h10-11,18H,1-9,17H2. The van der Waals surface area contributed by atoms with Crippen LogP contribution in [-0.4, -0.2) is 32.0 Å². The second-order valence-corrected chi connectivity index (χ2v) is 7.57. The van der Waals surface area contributed by atoms with Crippen LogP contribution in [0.25, 0.3) is 0 Å². The Morgan fingerprint density at radius 3 is 2.71 bits per heavy atom. The lowest BCUT2D eigenvalue weighted by Gasteiger charge is -2.22. The van der Waals surface area contributed by atoms with E-state index in [9.17, 15) is 4.79 Å². The van der Waals surface area contributed by atoms with Crippen molar-refractivity contribution in [3.05, 3.63) is 10.4 Å². The highest BCUT2D eigenvalue weighted by Crippen LogP contribution is 2.53. The lowest BCUT2D eigenvalue weighted by Crippen LogP contribution is -2.27. The molecule has 1 aromatic heterocycles. The number of carbonyl (C=O) groups is 1. The van der Waals surface area contributed by atoms with Gasteiger partial charge in [-0.2, -0.15) is 0 Å². The van der Waals surface area contributed by atoms with Gasteiger partial charge in [0, 0.05) is 31.1 Å². The Morgan fingerprint density at radius 1 is 1.19 bits per heavy atom. The number of nitrogen functional groups attached to an aromatic ring is 1. The van der Waals surface area contributed by atoms with Gasteiger partial charge in [0.05, 0.1) is 15.6 Å². The van der Waals surface area contributed by atoms with E-state index in [1.165, 1.54) is 23.4 Å². The van der Waals surface area contributed by atoms with Gasteiger partial charge in [-0.05, 0) is 44.6 Å². The molecule has 3 aliphatic rings. The summed E-state index contributed by atoms with van der Waals surface area (Å²) in [6.45, 7) is 4.21. The minimum absolute atomic E-state index is 0.261. The second kappa shape index (κ2) is 5.29. The first-order chi connectivity index (χ1) is 10.3. The molecule has 3 N–H and O–H groups in total. The molecule has 5 heteroatoms. The van der Waals surface area contributed by atoms with Crippen molar-refractivity contribution in [3.8, 4) is 0 Å². The first-order valence-electron chi connectivity index (χ1n) is 8.17. The number of Topliss-reactive ketones (excluding diaryl/α,β-unsaturated/α-hetero) is 1.